The fourth-order valence-electron chi connectivity index (χ4n) is 3.99. The molecule has 0 aromatic carbocycles. The lowest BCUT2D eigenvalue weighted by Gasteiger charge is -2.37. The molecule has 2 saturated heterocycles. The maximum atomic E-state index is 13.1. The molecule has 0 aliphatic carbocycles. The summed E-state index contributed by atoms with van der Waals surface area (Å²) in [5.74, 6) is 0.979. The number of carbonyl (C=O) groups is 1. The van der Waals surface area contributed by atoms with E-state index >= 15 is 0 Å². The van der Waals surface area contributed by atoms with E-state index < -0.39 is 0 Å². The highest BCUT2D eigenvalue weighted by molar-refractivity contribution is 5.96. The van der Waals surface area contributed by atoms with Gasteiger partial charge in [-0.05, 0) is 24.3 Å². The van der Waals surface area contributed by atoms with E-state index in [4.69, 9.17) is 18.9 Å². The van der Waals surface area contributed by atoms with Gasteiger partial charge in [0.25, 0.3) is 5.91 Å². The van der Waals surface area contributed by atoms with Crippen LogP contribution in [0.5, 0.6) is 11.8 Å². The normalized spacial score (nSPS) is 22.2. The summed E-state index contributed by atoms with van der Waals surface area (Å²) in [6, 6.07) is 3.40. The molecule has 1 aromatic rings. The average Bonchev–Trinajstić information content (AvgIpc) is 2.99. The van der Waals surface area contributed by atoms with Crippen molar-refractivity contribution in [2.45, 2.75) is 12.8 Å². The van der Waals surface area contributed by atoms with Crippen molar-refractivity contribution in [3.05, 3.63) is 17.7 Å². The van der Waals surface area contributed by atoms with Gasteiger partial charge in [-0.2, -0.15) is 4.98 Å². The number of ether oxygens (including phenoxy) is 4. The molecular formula is C18H26N2O5. The molecule has 2 aliphatic heterocycles. The Morgan fingerprint density at radius 3 is 2.68 bits per heavy atom. The van der Waals surface area contributed by atoms with E-state index in [1.165, 1.54) is 14.2 Å². The molecule has 138 valence electrons. The van der Waals surface area contributed by atoms with Crippen LogP contribution in [0.3, 0.4) is 0 Å². The zero-order chi connectivity index (χ0) is 17.9. The second-order valence-electron chi connectivity index (χ2n) is 6.72. The van der Waals surface area contributed by atoms with Crippen LogP contribution in [0.2, 0.25) is 0 Å². The van der Waals surface area contributed by atoms with Crippen molar-refractivity contribution in [1.29, 1.82) is 0 Å². The highest BCUT2D eigenvalue weighted by Crippen LogP contribution is 2.45. The van der Waals surface area contributed by atoms with Crippen LogP contribution in [0.15, 0.2) is 12.1 Å². The van der Waals surface area contributed by atoms with Gasteiger partial charge in [0.2, 0.25) is 11.8 Å². The zero-order valence-corrected chi connectivity index (χ0v) is 15.1. The Kier molecular flexibility index (Phi) is 5.44. The van der Waals surface area contributed by atoms with Crippen molar-refractivity contribution < 1.29 is 23.7 Å². The molecule has 0 bridgehead atoms. The molecule has 1 aromatic heterocycles. The second kappa shape index (κ2) is 7.58. The summed E-state index contributed by atoms with van der Waals surface area (Å²) in [5, 5.41) is 0. The number of pyridine rings is 1. The molecule has 1 atom stereocenters. The van der Waals surface area contributed by atoms with Crippen molar-refractivity contribution in [2.24, 2.45) is 11.3 Å². The molecule has 2 fully saturated rings. The Balaban J connectivity index is 1.83. The molecule has 25 heavy (non-hydrogen) atoms. The molecule has 7 heteroatoms. The van der Waals surface area contributed by atoms with Crippen LogP contribution in [0.4, 0.5) is 0 Å². The number of hydrogen-bond donors (Lipinski definition) is 0. The van der Waals surface area contributed by atoms with Crippen LogP contribution >= 0.6 is 0 Å². The Morgan fingerprint density at radius 2 is 2.04 bits per heavy atom. The lowest BCUT2D eigenvalue weighted by Crippen LogP contribution is -2.39. The Morgan fingerprint density at radius 1 is 1.28 bits per heavy atom. The fourth-order valence-corrected chi connectivity index (χ4v) is 3.99. The molecule has 7 nitrogen and oxygen atoms in total. The molecule has 0 unspecified atom stereocenters. The second-order valence-corrected chi connectivity index (χ2v) is 6.72. The molecule has 3 rings (SSSR count). The average molecular weight is 350 g/mol. The van der Waals surface area contributed by atoms with E-state index in [0.29, 0.717) is 36.4 Å². The van der Waals surface area contributed by atoms with Gasteiger partial charge in [0.1, 0.15) is 5.56 Å². The van der Waals surface area contributed by atoms with Crippen LogP contribution in [0.25, 0.3) is 0 Å². The molecule has 1 spiro atoms. The smallest absolute Gasteiger partial charge is 0.259 e. The summed E-state index contributed by atoms with van der Waals surface area (Å²) in [6.07, 6.45) is 1.92. The minimum Gasteiger partial charge on any atom is -0.481 e. The van der Waals surface area contributed by atoms with E-state index in [2.05, 4.69) is 4.98 Å². The number of likely N-dealkylation sites (tertiary alicyclic amines) is 1. The van der Waals surface area contributed by atoms with Crippen LogP contribution in [-0.4, -0.2) is 70.0 Å². The SMILES string of the molecule is COC[C@H]1CN(C(=O)c2ccc(OC)nc2OC)CC12CCOCC2. The van der Waals surface area contributed by atoms with Crippen molar-refractivity contribution >= 4 is 5.91 Å². The molecule has 2 aliphatic rings. The van der Waals surface area contributed by atoms with Gasteiger partial charge in [0.15, 0.2) is 0 Å². The largest absolute Gasteiger partial charge is 0.481 e. The van der Waals surface area contributed by atoms with Gasteiger partial charge in [-0.15, -0.1) is 0 Å². The lowest BCUT2D eigenvalue weighted by molar-refractivity contribution is -0.0169. The first-order chi connectivity index (χ1) is 12.1. The lowest BCUT2D eigenvalue weighted by atomic mass is 9.72. The van der Waals surface area contributed by atoms with Gasteiger partial charge in [0, 0.05) is 45.4 Å². The van der Waals surface area contributed by atoms with Gasteiger partial charge >= 0.3 is 0 Å². The maximum absolute atomic E-state index is 13.1. The fraction of sp³-hybridized carbons (Fsp3) is 0.667. The molecule has 0 radical (unpaired) electrons. The van der Waals surface area contributed by atoms with Gasteiger partial charge in [0.05, 0.1) is 20.8 Å². The number of amides is 1. The summed E-state index contributed by atoms with van der Waals surface area (Å²) >= 11 is 0. The summed E-state index contributed by atoms with van der Waals surface area (Å²) in [4.78, 5) is 19.2. The summed E-state index contributed by atoms with van der Waals surface area (Å²) in [7, 11) is 4.76. The Hall–Kier alpha value is -1.86. The predicted octanol–water partition coefficient (Wildman–Crippen LogP) is 1.61. The third kappa shape index (κ3) is 3.43. The minimum absolute atomic E-state index is 0.0588. The third-order valence-corrected chi connectivity index (χ3v) is 5.42. The van der Waals surface area contributed by atoms with E-state index in [1.807, 2.05) is 4.90 Å². The van der Waals surface area contributed by atoms with Crippen molar-refractivity contribution in [3.8, 4) is 11.8 Å². The molecular weight excluding hydrogens is 324 g/mol. The third-order valence-electron chi connectivity index (χ3n) is 5.42. The van der Waals surface area contributed by atoms with Gasteiger partial charge in [-0.1, -0.05) is 0 Å². The molecule has 0 saturated carbocycles. The minimum atomic E-state index is -0.0588. The Labute approximate surface area is 148 Å². The summed E-state index contributed by atoms with van der Waals surface area (Å²) in [6.45, 7) is 3.55. The van der Waals surface area contributed by atoms with Crippen molar-refractivity contribution in [1.82, 2.24) is 9.88 Å². The molecule has 3 heterocycles. The quantitative estimate of drug-likeness (QED) is 0.804. The van der Waals surface area contributed by atoms with Crippen LogP contribution < -0.4 is 9.47 Å². The van der Waals surface area contributed by atoms with Crippen LogP contribution in [0, 0.1) is 11.3 Å². The number of hydrogen-bond acceptors (Lipinski definition) is 6. The van der Waals surface area contributed by atoms with Gasteiger partial charge in [-0.3, -0.25) is 4.79 Å². The van der Waals surface area contributed by atoms with Crippen molar-refractivity contribution in [3.63, 3.8) is 0 Å². The monoisotopic (exact) mass is 350 g/mol. The predicted molar refractivity (Wildman–Crippen MR) is 91.1 cm³/mol. The summed E-state index contributed by atoms with van der Waals surface area (Å²) < 4.78 is 21.4. The van der Waals surface area contributed by atoms with Crippen LogP contribution in [0.1, 0.15) is 23.2 Å². The number of carbonyl (C=O) groups excluding carboxylic acids is 1. The van der Waals surface area contributed by atoms with Gasteiger partial charge in [-0.25, -0.2) is 0 Å². The van der Waals surface area contributed by atoms with E-state index in [-0.39, 0.29) is 11.3 Å². The number of aromatic nitrogens is 1. The highest BCUT2D eigenvalue weighted by Gasteiger charge is 2.48. The topological polar surface area (TPSA) is 70.1 Å². The van der Waals surface area contributed by atoms with E-state index in [0.717, 1.165) is 32.6 Å². The van der Waals surface area contributed by atoms with Gasteiger partial charge < -0.3 is 23.8 Å². The van der Waals surface area contributed by atoms with E-state index in [1.54, 1.807) is 19.2 Å². The molecule has 1 amide bonds. The first-order valence-corrected chi connectivity index (χ1v) is 8.58. The zero-order valence-electron chi connectivity index (χ0n) is 15.1. The number of methoxy groups -OCH3 is 3. The summed E-state index contributed by atoms with van der Waals surface area (Å²) in [5.41, 5.74) is 0.542. The van der Waals surface area contributed by atoms with E-state index in [9.17, 15) is 4.79 Å². The van der Waals surface area contributed by atoms with Crippen molar-refractivity contribution in [2.75, 3.05) is 54.2 Å². The first kappa shape index (κ1) is 17.9. The standard InChI is InChI=1S/C18H26N2O5/c1-22-11-13-10-20(12-18(13)6-8-25-9-7-18)17(21)14-4-5-15(23-2)19-16(14)24-3/h4-5,13H,6-12H2,1-3H3/t13-/m1/s1. The highest BCUT2D eigenvalue weighted by atomic mass is 16.5. The first-order valence-electron chi connectivity index (χ1n) is 8.58. The maximum Gasteiger partial charge on any atom is 0.259 e. The van der Waals surface area contributed by atoms with Crippen LogP contribution in [-0.2, 0) is 9.47 Å². The number of nitrogens with zero attached hydrogens (tertiary/aromatic N) is 2. The molecule has 0 N–H and O–H groups in total. The Bertz CT molecular complexity index is 615. The number of rotatable bonds is 5.